The highest BCUT2D eigenvalue weighted by atomic mass is 35.5. The lowest BCUT2D eigenvalue weighted by molar-refractivity contribution is 0.108. The molecular formula is C93H140ClN9O2. The summed E-state index contributed by atoms with van der Waals surface area (Å²) in [6.07, 6.45) is 29.9. The first-order valence-corrected chi connectivity index (χ1v) is 42.0. The van der Waals surface area contributed by atoms with Crippen LogP contribution in [0.25, 0.3) is 0 Å². The van der Waals surface area contributed by atoms with Crippen LogP contribution in [0.3, 0.4) is 0 Å². The number of aliphatic hydroxyl groups excluding tert-OH is 1. The molecule has 0 aliphatic carbocycles. The summed E-state index contributed by atoms with van der Waals surface area (Å²) in [5, 5.41) is 31.7. The molecule has 12 atom stereocenters. The molecule has 6 aliphatic rings. The number of hydrogen-bond donors (Lipinski definition) is 8. The number of aromatic nitrogens is 2. The molecule has 6 aliphatic heterocycles. The van der Waals surface area contributed by atoms with E-state index in [0.717, 1.165) is 95.4 Å². The van der Waals surface area contributed by atoms with E-state index in [1.165, 1.54) is 221 Å². The number of nitrogens with zero attached hydrogens (tertiary/aromatic N) is 2. The molecule has 576 valence electrons. The van der Waals surface area contributed by atoms with Crippen molar-refractivity contribution in [2.75, 3.05) is 103 Å². The summed E-state index contributed by atoms with van der Waals surface area (Å²) in [4.78, 5) is 9.40. The second kappa shape index (κ2) is 50.8. The van der Waals surface area contributed by atoms with E-state index in [2.05, 4.69) is 240 Å². The van der Waals surface area contributed by atoms with Crippen molar-refractivity contribution in [3.63, 3.8) is 0 Å². The maximum atomic E-state index is 9.65. The van der Waals surface area contributed by atoms with Gasteiger partial charge in [-0.05, 0) is 272 Å². The number of imidazole rings is 1. The number of piperidine rings is 5. The normalized spacial score (nSPS) is 24.5. The molecule has 12 heteroatoms. The number of hydrogen-bond acceptors (Lipinski definition) is 10. The first-order chi connectivity index (χ1) is 51.5. The number of aromatic amines is 1. The third-order valence-electron chi connectivity index (χ3n) is 22.6. The lowest BCUT2D eigenvalue weighted by atomic mass is 9.82. The molecule has 2 unspecified atom stereocenters. The van der Waals surface area contributed by atoms with Crippen LogP contribution in [-0.4, -0.2) is 126 Å². The topological polar surface area (TPSA) is 134 Å². The molecule has 13 rings (SSSR count). The van der Waals surface area contributed by atoms with Gasteiger partial charge in [-0.25, -0.2) is 4.98 Å². The van der Waals surface area contributed by atoms with Gasteiger partial charge in [0.1, 0.15) is 5.82 Å². The van der Waals surface area contributed by atoms with Gasteiger partial charge in [-0.15, -0.1) is 0 Å². The summed E-state index contributed by atoms with van der Waals surface area (Å²) in [7, 11) is 0. The zero-order valence-corrected chi connectivity index (χ0v) is 66.5. The van der Waals surface area contributed by atoms with E-state index in [9.17, 15) is 5.11 Å². The van der Waals surface area contributed by atoms with E-state index in [-0.39, 0.29) is 18.7 Å². The highest BCUT2D eigenvalue weighted by Gasteiger charge is 2.32. The fraction of sp³-hybridized carbons (Fsp3) is 0.581. The Morgan fingerprint density at radius 3 is 1.29 bits per heavy atom. The van der Waals surface area contributed by atoms with Crippen molar-refractivity contribution in [1.82, 2.24) is 41.9 Å². The number of halogens is 1. The molecule has 6 saturated heterocycles. The summed E-state index contributed by atoms with van der Waals surface area (Å²) in [5.41, 5.74) is 8.61. The number of nitrogens with one attached hydrogen (secondary N) is 7. The fourth-order valence-electron chi connectivity index (χ4n) is 17.1. The van der Waals surface area contributed by atoms with Gasteiger partial charge in [0, 0.05) is 18.1 Å². The van der Waals surface area contributed by atoms with E-state index in [4.69, 9.17) is 16.3 Å². The SMILES string of the molecule is CC(C)C[C@@H]1CNC[C@H](Cc2ccccc2)C1.CCCCC[C@H]1CNC[C@@H](CC)C1.CC[C@@H]1CNC[C@H](CCCc2ccccc2)C1.C[C@@H]1CNC[C@H](Cc2ccccc2)C1.OCC1CNCC(COCCc2ccc(Cl)cc2)N1c1cnc[nH]1.c1ccc(C[C@H]2CNC[C@@H](Cc3ccccc3)C2)cc1. The molecule has 105 heavy (non-hydrogen) atoms. The summed E-state index contributed by atoms with van der Waals surface area (Å²) in [6.45, 7) is 29.0. The van der Waals surface area contributed by atoms with Crippen molar-refractivity contribution in [3.8, 4) is 0 Å². The molecular weight excluding hydrogens is 1310 g/mol. The van der Waals surface area contributed by atoms with Crippen LogP contribution in [0.5, 0.6) is 0 Å². The van der Waals surface area contributed by atoms with E-state index in [1.807, 2.05) is 24.3 Å². The van der Waals surface area contributed by atoms with Gasteiger partial charge in [-0.1, -0.05) is 249 Å². The maximum Gasteiger partial charge on any atom is 0.126 e. The molecule has 0 bridgehead atoms. The number of anilines is 1. The standard InChI is InChI=1S/C19H23N.C17H23ClN4O2.2C16H25N.C13H19N.C12H25N/c1-3-7-16(8-4-1)11-18-13-19(15-20-14-18)12-17-9-5-2-6-10-17;18-14-3-1-13(2-4-14)5-6-24-11-16-8-19-7-15(10-23)22(16)17-9-20-12-21-17;1-13(2)8-15-10-16(12-17-11-15)9-14-6-4-3-5-7-14;1-2-14-11-16(13-17-12-14)10-6-9-15-7-4-3-5-8-15;1-11-7-13(10-14-9-11)8-12-5-3-2-4-6-12;1-3-5-6-7-12-8-11(4-2)9-13-10-12/h1-10,18-20H,11-15H2;1-4,9,12,15-16,19,23H,5-8,10-11H2,(H,20,21);3-7,13,15-17H,8-12H2,1-2H3;3-5,7-8,14,16-17H,2,6,9-13H2,1H3;2-6,11,13-14H,7-10H2,1H3;11-13H,3-10H2,1-2H3/t18-,19+;;15-,16+;14-,16+;11-,13-;11-,12+/m..0000/s1. The van der Waals surface area contributed by atoms with E-state index >= 15 is 0 Å². The van der Waals surface area contributed by atoms with Crippen LogP contribution in [0, 0.1) is 65.1 Å². The smallest absolute Gasteiger partial charge is 0.126 e. The Kier molecular flexibility index (Phi) is 41.1. The minimum atomic E-state index is 0.0177. The molecule has 0 spiro atoms. The van der Waals surface area contributed by atoms with Crippen LogP contribution in [0.2, 0.25) is 5.02 Å². The van der Waals surface area contributed by atoms with E-state index in [1.54, 1.807) is 12.5 Å². The number of unbranched alkanes of at least 4 members (excludes halogenated alkanes) is 2. The van der Waals surface area contributed by atoms with Crippen molar-refractivity contribution in [2.24, 2.45) is 65.1 Å². The van der Waals surface area contributed by atoms with Gasteiger partial charge in [0.25, 0.3) is 0 Å². The molecule has 0 radical (unpaired) electrons. The minimum Gasteiger partial charge on any atom is -0.394 e. The largest absolute Gasteiger partial charge is 0.394 e. The Balaban J connectivity index is 0.000000161. The highest BCUT2D eigenvalue weighted by Crippen LogP contribution is 2.29. The number of rotatable bonds is 27. The molecule has 7 aromatic rings. The lowest BCUT2D eigenvalue weighted by Gasteiger charge is -2.42. The van der Waals surface area contributed by atoms with E-state index in [0.29, 0.717) is 13.2 Å². The number of aryl methyl sites for hydroxylation is 1. The third-order valence-corrected chi connectivity index (χ3v) is 22.9. The van der Waals surface area contributed by atoms with Gasteiger partial charge in [-0.3, -0.25) is 0 Å². The average Bonchev–Trinajstić information content (AvgIpc) is 1.51. The first kappa shape index (κ1) is 84.9. The van der Waals surface area contributed by atoms with Crippen LogP contribution in [0.4, 0.5) is 5.82 Å². The van der Waals surface area contributed by atoms with Crippen LogP contribution in [-0.2, 0) is 43.3 Å². The second-order valence-electron chi connectivity index (χ2n) is 32.4. The van der Waals surface area contributed by atoms with Gasteiger partial charge in [-0.2, -0.15) is 0 Å². The van der Waals surface area contributed by atoms with Gasteiger partial charge in [0.05, 0.1) is 44.4 Å². The van der Waals surface area contributed by atoms with Crippen molar-refractivity contribution in [1.29, 1.82) is 0 Å². The highest BCUT2D eigenvalue weighted by molar-refractivity contribution is 6.30. The summed E-state index contributed by atoms with van der Waals surface area (Å²) in [5.74, 6) is 10.5. The zero-order valence-electron chi connectivity index (χ0n) is 65.8. The first-order valence-electron chi connectivity index (χ1n) is 41.6. The monoisotopic (exact) mass is 1450 g/mol. The Morgan fingerprint density at radius 2 is 0.838 bits per heavy atom. The van der Waals surface area contributed by atoms with Crippen LogP contribution in [0.1, 0.15) is 165 Å². The summed E-state index contributed by atoms with van der Waals surface area (Å²) in [6, 6.07) is 62.4. The van der Waals surface area contributed by atoms with Crippen molar-refractivity contribution in [3.05, 3.63) is 227 Å². The predicted octanol–water partition coefficient (Wildman–Crippen LogP) is 18.0. The molecule has 8 N–H and O–H groups in total. The van der Waals surface area contributed by atoms with Crippen molar-refractivity contribution < 1.29 is 9.84 Å². The number of aliphatic hydroxyl groups is 1. The maximum absolute atomic E-state index is 9.65. The third kappa shape index (κ3) is 34.2. The molecule has 7 heterocycles. The van der Waals surface area contributed by atoms with Crippen LogP contribution >= 0.6 is 11.6 Å². The molecule has 0 amide bonds. The van der Waals surface area contributed by atoms with Crippen LogP contribution in [0.15, 0.2) is 188 Å². The molecule has 6 aromatic carbocycles. The zero-order chi connectivity index (χ0) is 73.7. The summed E-state index contributed by atoms with van der Waals surface area (Å²) >= 11 is 5.89. The van der Waals surface area contributed by atoms with Gasteiger partial charge < -0.3 is 51.6 Å². The minimum absolute atomic E-state index is 0.0177. The number of ether oxygens (including phenoxy) is 1. The van der Waals surface area contributed by atoms with Crippen molar-refractivity contribution >= 4 is 17.4 Å². The Morgan fingerprint density at radius 1 is 0.438 bits per heavy atom. The molecule has 1 aromatic heterocycles. The fourth-order valence-corrected chi connectivity index (χ4v) is 17.2. The predicted molar refractivity (Wildman–Crippen MR) is 447 cm³/mol. The van der Waals surface area contributed by atoms with Gasteiger partial charge in [0.15, 0.2) is 0 Å². The average molecular weight is 1450 g/mol. The molecule has 6 fully saturated rings. The van der Waals surface area contributed by atoms with Gasteiger partial charge in [0.2, 0.25) is 0 Å². The molecule has 0 saturated carbocycles. The van der Waals surface area contributed by atoms with Crippen LogP contribution < -0.4 is 36.8 Å². The number of H-pyrrole nitrogens is 1. The molecule has 11 nitrogen and oxygen atoms in total. The van der Waals surface area contributed by atoms with Gasteiger partial charge >= 0.3 is 0 Å². The Bertz CT molecular complexity index is 3160. The van der Waals surface area contributed by atoms with Crippen molar-refractivity contribution in [2.45, 2.75) is 182 Å². The quantitative estimate of drug-likeness (QED) is 0.0235. The Hall–Kier alpha value is -5.70. The van der Waals surface area contributed by atoms with E-state index < -0.39 is 0 Å². The second-order valence-corrected chi connectivity index (χ2v) is 32.8. The summed E-state index contributed by atoms with van der Waals surface area (Å²) < 4.78 is 5.90. The number of piperazine rings is 1. The number of benzene rings is 6. The lowest BCUT2D eigenvalue weighted by Crippen LogP contribution is -2.60. The Labute approximate surface area is 642 Å².